The number of hydrogen-bond acceptors (Lipinski definition) is 3. The summed E-state index contributed by atoms with van der Waals surface area (Å²) in [5.41, 5.74) is 0. The molecule has 1 heterocycles. The lowest BCUT2D eigenvalue weighted by Gasteiger charge is -2.32. The van der Waals surface area contributed by atoms with Gasteiger partial charge in [0, 0.05) is 26.2 Å². The summed E-state index contributed by atoms with van der Waals surface area (Å²) in [6, 6.07) is 0.596. The van der Waals surface area contributed by atoms with Gasteiger partial charge in [-0.3, -0.25) is 4.79 Å². The number of nitrogens with one attached hydrogen (secondary N) is 1. The van der Waals surface area contributed by atoms with E-state index in [0.717, 1.165) is 32.5 Å². The van der Waals surface area contributed by atoms with Gasteiger partial charge < -0.3 is 15.0 Å². The van der Waals surface area contributed by atoms with Crippen molar-refractivity contribution < 1.29 is 9.53 Å². The van der Waals surface area contributed by atoms with Gasteiger partial charge >= 0.3 is 0 Å². The SMILES string of the molecule is CCCCCNC1CCN(C(=O)COC)CC1. The fraction of sp³-hybridized carbons (Fsp3) is 0.923. The number of ether oxygens (including phenoxy) is 1. The van der Waals surface area contributed by atoms with Crippen LogP contribution in [-0.4, -0.2) is 50.2 Å². The second-order valence-corrected chi connectivity index (χ2v) is 4.75. The molecule has 0 radical (unpaired) electrons. The number of likely N-dealkylation sites (tertiary alicyclic amines) is 1. The van der Waals surface area contributed by atoms with E-state index in [0.29, 0.717) is 6.04 Å². The molecule has 1 saturated heterocycles. The minimum atomic E-state index is 0.122. The molecule has 1 fully saturated rings. The standard InChI is InChI=1S/C13H26N2O2/c1-3-4-5-8-14-12-6-9-15(10-7-12)13(16)11-17-2/h12,14H,3-11H2,1-2H3. The second-order valence-electron chi connectivity index (χ2n) is 4.75. The fourth-order valence-electron chi connectivity index (χ4n) is 2.23. The van der Waals surface area contributed by atoms with Crippen LogP contribution in [0.3, 0.4) is 0 Å². The molecule has 1 N–H and O–H groups in total. The highest BCUT2D eigenvalue weighted by Gasteiger charge is 2.21. The summed E-state index contributed by atoms with van der Waals surface area (Å²) in [4.78, 5) is 13.5. The summed E-state index contributed by atoms with van der Waals surface area (Å²) in [5, 5.41) is 3.58. The molecular formula is C13H26N2O2. The van der Waals surface area contributed by atoms with E-state index in [-0.39, 0.29) is 12.5 Å². The Hall–Kier alpha value is -0.610. The molecule has 0 spiro atoms. The summed E-state index contributed by atoms with van der Waals surface area (Å²) in [6.07, 6.45) is 5.98. The highest BCUT2D eigenvalue weighted by molar-refractivity contribution is 5.77. The van der Waals surface area contributed by atoms with Gasteiger partial charge in [-0.25, -0.2) is 0 Å². The molecule has 1 aliphatic heterocycles. The topological polar surface area (TPSA) is 41.6 Å². The number of rotatable bonds is 7. The first kappa shape index (κ1) is 14.5. The molecule has 4 heteroatoms. The highest BCUT2D eigenvalue weighted by atomic mass is 16.5. The number of amides is 1. The Morgan fingerprint density at radius 2 is 2.06 bits per heavy atom. The Bertz CT molecular complexity index is 213. The summed E-state index contributed by atoms with van der Waals surface area (Å²) in [7, 11) is 1.57. The third kappa shape index (κ3) is 5.50. The number of piperidine rings is 1. The Kier molecular flexibility index (Phi) is 7.21. The average Bonchev–Trinajstić information content (AvgIpc) is 2.36. The van der Waals surface area contributed by atoms with Gasteiger partial charge in [-0.2, -0.15) is 0 Å². The van der Waals surface area contributed by atoms with Crippen LogP contribution in [0.2, 0.25) is 0 Å². The number of unbranched alkanes of at least 4 members (excludes halogenated alkanes) is 2. The number of carbonyl (C=O) groups is 1. The summed E-state index contributed by atoms with van der Waals surface area (Å²) in [6.45, 7) is 5.29. The van der Waals surface area contributed by atoms with E-state index < -0.39 is 0 Å². The van der Waals surface area contributed by atoms with Crippen molar-refractivity contribution >= 4 is 5.91 Å². The van der Waals surface area contributed by atoms with Crippen LogP contribution in [0.1, 0.15) is 39.0 Å². The third-order valence-electron chi connectivity index (χ3n) is 3.33. The summed E-state index contributed by atoms with van der Waals surface area (Å²) in [5.74, 6) is 0.122. The van der Waals surface area contributed by atoms with Crippen LogP contribution in [0.25, 0.3) is 0 Å². The molecule has 0 saturated carbocycles. The lowest BCUT2D eigenvalue weighted by atomic mass is 10.0. The van der Waals surface area contributed by atoms with Crippen molar-refractivity contribution in [3.8, 4) is 0 Å². The minimum Gasteiger partial charge on any atom is -0.375 e. The van der Waals surface area contributed by atoms with E-state index >= 15 is 0 Å². The van der Waals surface area contributed by atoms with Crippen molar-refractivity contribution in [1.82, 2.24) is 10.2 Å². The second kappa shape index (κ2) is 8.48. The average molecular weight is 242 g/mol. The Balaban J connectivity index is 2.11. The van der Waals surface area contributed by atoms with Crippen molar-refractivity contribution in [3.05, 3.63) is 0 Å². The van der Waals surface area contributed by atoms with Crippen molar-refractivity contribution in [2.45, 2.75) is 45.1 Å². The molecule has 0 aromatic carbocycles. The molecule has 1 rings (SSSR count). The van der Waals surface area contributed by atoms with Crippen molar-refractivity contribution in [1.29, 1.82) is 0 Å². The lowest BCUT2D eigenvalue weighted by molar-refractivity contribution is -0.136. The molecule has 4 nitrogen and oxygen atoms in total. The van der Waals surface area contributed by atoms with Crippen molar-refractivity contribution in [2.75, 3.05) is 33.4 Å². The number of methoxy groups -OCH3 is 1. The maximum Gasteiger partial charge on any atom is 0.248 e. The maximum absolute atomic E-state index is 11.6. The zero-order valence-electron chi connectivity index (χ0n) is 11.2. The van der Waals surface area contributed by atoms with Crippen LogP contribution in [-0.2, 0) is 9.53 Å². The molecule has 17 heavy (non-hydrogen) atoms. The van der Waals surface area contributed by atoms with Crippen LogP contribution in [0.4, 0.5) is 0 Å². The Morgan fingerprint density at radius 3 is 2.65 bits per heavy atom. The van der Waals surface area contributed by atoms with E-state index in [9.17, 15) is 4.79 Å². The largest absolute Gasteiger partial charge is 0.375 e. The Labute approximate surface area is 105 Å². The van der Waals surface area contributed by atoms with Crippen LogP contribution >= 0.6 is 0 Å². The van der Waals surface area contributed by atoms with E-state index in [1.54, 1.807) is 7.11 Å². The fourth-order valence-corrected chi connectivity index (χ4v) is 2.23. The van der Waals surface area contributed by atoms with Gasteiger partial charge in [0.25, 0.3) is 0 Å². The molecule has 0 bridgehead atoms. The number of nitrogens with zero attached hydrogens (tertiary/aromatic N) is 1. The molecule has 100 valence electrons. The first-order chi connectivity index (χ1) is 8.27. The molecule has 0 aliphatic carbocycles. The maximum atomic E-state index is 11.6. The molecule has 0 unspecified atom stereocenters. The van der Waals surface area contributed by atoms with Gasteiger partial charge in [-0.05, 0) is 25.8 Å². The molecule has 0 atom stereocenters. The van der Waals surface area contributed by atoms with E-state index in [2.05, 4.69) is 12.2 Å². The van der Waals surface area contributed by atoms with Crippen molar-refractivity contribution in [2.24, 2.45) is 0 Å². The third-order valence-corrected chi connectivity index (χ3v) is 3.33. The Morgan fingerprint density at radius 1 is 1.35 bits per heavy atom. The smallest absolute Gasteiger partial charge is 0.248 e. The van der Waals surface area contributed by atoms with Gasteiger partial charge in [0.05, 0.1) is 0 Å². The van der Waals surface area contributed by atoms with Crippen LogP contribution in [0.5, 0.6) is 0 Å². The predicted molar refractivity (Wildman–Crippen MR) is 69.0 cm³/mol. The predicted octanol–water partition coefficient (Wildman–Crippen LogP) is 1.40. The lowest BCUT2D eigenvalue weighted by Crippen LogP contribution is -2.46. The highest BCUT2D eigenvalue weighted by Crippen LogP contribution is 2.10. The zero-order chi connectivity index (χ0) is 12.5. The first-order valence-electron chi connectivity index (χ1n) is 6.78. The van der Waals surface area contributed by atoms with Gasteiger partial charge in [0.2, 0.25) is 5.91 Å². The van der Waals surface area contributed by atoms with Gasteiger partial charge in [0.15, 0.2) is 0 Å². The van der Waals surface area contributed by atoms with Gasteiger partial charge in [-0.15, -0.1) is 0 Å². The van der Waals surface area contributed by atoms with E-state index in [1.165, 1.54) is 19.3 Å². The number of carbonyl (C=O) groups excluding carboxylic acids is 1. The van der Waals surface area contributed by atoms with Crippen LogP contribution in [0.15, 0.2) is 0 Å². The van der Waals surface area contributed by atoms with E-state index in [4.69, 9.17) is 4.74 Å². The quantitative estimate of drug-likeness (QED) is 0.686. The monoisotopic (exact) mass is 242 g/mol. The van der Waals surface area contributed by atoms with Crippen molar-refractivity contribution in [3.63, 3.8) is 0 Å². The molecule has 1 amide bonds. The normalized spacial score (nSPS) is 17.4. The number of hydrogen-bond donors (Lipinski definition) is 1. The first-order valence-corrected chi connectivity index (χ1v) is 6.78. The summed E-state index contributed by atoms with van der Waals surface area (Å²) >= 11 is 0. The molecule has 1 aliphatic rings. The van der Waals surface area contributed by atoms with Crippen LogP contribution in [0, 0.1) is 0 Å². The van der Waals surface area contributed by atoms with Crippen LogP contribution < -0.4 is 5.32 Å². The van der Waals surface area contributed by atoms with E-state index in [1.807, 2.05) is 4.90 Å². The summed E-state index contributed by atoms with van der Waals surface area (Å²) < 4.78 is 4.87. The van der Waals surface area contributed by atoms with Gasteiger partial charge in [0.1, 0.15) is 6.61 Å². The van der Waals surface area contributed by atoms with Gasteiger partial charge in [-0.1, -0.05) is 19.8 Å². The zero-order valence-corrected chi connectivity index (χ0v) is 11.2. The minimum absolute atomic E-state index is 0.122. The molecular weight excluding hydrogens is 216 g/mol. The molecule has 0 aromatic rings. The molecule has 0 aromatic heterocycles.